The molecule has 0 spiro atoms. The number of thiazole rings is 1. The van der Waals surface area contributed by atoms with E-state index in [2.05, 4.69) is 15.3 Å². The molecule has 0 aliphatic carbocycles. The molecule has 1 amide bonds. The van der Waals surface area contributed by atoms with Crippen LogP contribution in [0.3, 0.4) is 0 Å². The minimum atomic E-state index is -4.52. The Morgan fingerprint density at radius 3 is 2.64 bits per heavy atom. The molecule has 0 saturated carbocycles. The Morgan fingerprint density at radius 2 is 1.94 bits per heavy atom. The number of halogens is 4. The summed E-state index contributed by atoms with van der Waals surface area (Å²) in [5.41, 5.74) is -0.860. The number of alkyl halides is 4. The van der Waals surface area contributed by atoms with Gasteiger partial charge in [0.15, 0.2) is 17.3 Å². The van der Waals surface area contributed by atoms with Crippen LogP contribution >= 0.6 is 22.9 Å². The second kappa shape index (κ2) is 9.66. The van der Waals surface area contributed by atoms with E-state index in [0.29, 0.717) is 35.3 Å². The first-order chi connectivity index (χ1) is 16.8. The minimum absolute atomic E-state index is 0.220. The SMILES string of the molecule is CC(NC(=O)c1ccc2c(c1)OCCO2)c1ncc(C(=O)CC2(C)CC(C(F)(F)F)C(C)(Cl)C=N2)s1. The summed E-state index contributed by atoms with van der Waals surface area (Å²) in [6, 6.07) is 4.38. The molecule has 36 heavy (non-hydrogen) atoms. The molecule has 2 aliphatic rings. The van der Waals surface area contributed by atoms with E-state index in [9.17, 15) is 22.8 Å². The van der Waals surface area contributed by atoms with Crippen molar-refractivity contribution in [3.8, 4) is 11.5 Å². The van der Waals surface area contributed by atoms with Crippen LogP contribution in [0.4, 0.5) is 13.2 Å². The van der Waals surface area contributed by atoms with E-state index in [1.807, 2.05) is 0 Å². The van der Waals surface area contributed by atoms with Crippen molar-refractivity contribution in [3.63, 3.8) is 0 Å². The third kappa shape index (κ3) is 5.67. The van der Waals surface area contributed by atoms with Gasteiger partial charge in [0, 0.05) is 24.4 Å². The molecule has 7 nitrogen and oxygen atoms in total. The van der Waals surface area contributed by atoms with Gasteiger partial charge in [-0.2, -0.15) is 13.2 Å². The van der Waals surface area contributed by atoms with Gasteiger partial charge in [-0.25, -0.2) is 4.98 Å². The molecule has 2 aromatic rings. The van der Waals surface area contributed by atoms with Crippen LogP contribution in [-0.4, -0.2) is 52.7 Å². The Kier molecular flexibility index (Phi) is 7.09. The van der Waals surface area contributed by atoms with Crippen LogP contribution in [0.25, 0.3) is 0 Å². The number of nitrogens with zero attached hydrogens (tertiary/aromatic N) is 2. The molecule has 4 unspecified atom stereocenters. The number of Topliss-reactive ketones (excluding diaryl/α,β-unsaturated/α-hetero) is 1. The maximum absolute atomic E-state index is 13.6. The molecule has 0 bridgehead atoms. The molecule has 2 aliphatic heterocycles. The van der Waals surface area contributed by atoms with Crippen molar-refractivity contribution in [1.82, 2.24) is 10.3 Å². The average Bonchev–Trinajstić information content (AvgIpc) is 3.31. The van der Waals surface area contributed by atoms with Crippen LogP contribution in [-0.2, 0) is 0 Å². The number of fused-ring (bicyclic) bond motifs is 1. The Hall–Kier alpha value is -2.66. The lowest BCUT2D eigenvalue weighted by Crippen LogP contribution is -2.49. The van der Waals surface area contributed by atoms with E-state index >= 15 is 0 Å². The largest absolute Gasteiger partial charge is 0.486 e. The maximum atomic E-state index is 13.6. The van der Waals surface area contributed by atoms with E-state index in [-0.39, 0.29) is 23.0 Å². The van der Waals surface area contributed by atoms with Gasteiger partial charge < -0.3 is 14.8 Å². The van der Waals surface area contributed by atoms with Gasteiger partial charge in [-0.05, 0) is 45.4 Å². The maximum Gasteiger partial charge on any atom is 0.393 e. The molecule has 0 radical (unpaired) electrons. The highest BCUT2D eigenvalue weighted by atomic mass is 35.5. The number of aliphatic imine (C=N–C) groups is 1. The molecule has 4 atom stereocenters. The van der Waals surface area contributed by atoms with Gasteiger partial charge in [-0.15, -0.1) is 22.9 Å². The third-order valence-corrected chi connectivity index (χ3v) is 7.79. The Labute approximate surface area is 215 Å². The molecule has 4 rings (SSSR count). The number of hydrogen-bond donors (Lipinski definition) is 1. The van der Waals surface area contributed by atoms with Crippen LogP contribution in [0.1, 0.15) is 64.7 Å². The van der Waals surface area contributed by atoms with Crippen molar-refractivity contribution in [3.05, 3.63) is 39.8 Å². The summed E-state index contributed by atoms with van der Waals surface area (Å²) in [6.45, 7) is 5.36. The summed E-state index contributed by atoms with van der Waals surface area (Å²) < 4.78 is 51.6. The number of benzene rings is 1. The lowest BCUT2D eigenvalue weighted by molar-refractivity contribution is -0.184. The highest BCUT2D eigenvalue weighted by Crippen LogP contribution is 2.47. The predicted molar refractivity (Wildman–Crippen MR) is 130 cm³/mol. The Bertz CT molecular complexity index is 1200. The predicted octanol–water partition coefficient (Wildman–Crippen LogP) is 5.39. The number of ether oxygens (including phenoxy) is 2. The van der Waals surface area contributed by atoms with Gasteiger partial charge in [0.2, 0.25) is 0 Å². The molecule has 1 N–H and O–H groups in total. The summed E-state index contributed by atoms with van der Waals surface area (Å²) >= 11 is 7.13. The van der Waals surface area contributed by atoms with Crippen LogP contribution in [0, 0.1) is 5.92 Å². The summed E-state index contributed by atoms with van der Waals surface area (Å²) in [5, 5.41) is 3.32. The topological polar surface area (TPSA) is 89.9 Å². The van der Waals surface area contributed by atoms with Crippen LogP contribution in [0.2, 0.25) is 0 Å². The molecule has 3 heterocycles. The van der Waals surface area contributed by atoms with Crippen molar-refractivity contribution in [1.29, 1.82) is 0 Å². The van der Waals surface area contributed by atoms with Gasteiger partial charge in [0.25, 0.3) is 5.91 Å². The summed E-state index contributed by atoms with van der Waals surface area (Å²) in [7, 11) is 0. The number of carbonyl (C=O) groups excluding carboxylic acids is 2. The first kappa shape index (κ1) is 26.4. The zero-order valence-electron chi connectivity index (χ0n) is 19.8. The molecule has 1 aromatic carbocycles. The highest BCUT2D eigenvalue weighted by Gasteiger charge is 2.55. The molecule has 1 aromatic heterocycles. The molecule has 0 saturated heterocycles. The molecular weight excluding hydrogens is 519 g/mol. The molecule has 0 fully saturated rings. The van der Waals surface area contributed by atoms with Crippen molar-refractivity contribution < 1.29 is 32.2 Å². The fourth-order valence-corrected chi connectivity index (χ4v) is 5.30. The zero-order valence-corrected chi connectivity index (χ0v) is 21.4. The van der Waals surface area contributed by atoms with E-state index in [0.717, 1.165) is 17.6 Å². The first-order valence-corrected chi connectivity index (χ1v) is 12.5. The summed E-state index contributed by atoms with van der Waals surface area (Å²) in [6.07, 6.45) is -2.67. The fourth-order valence-electron chi connectivity index (χ4n) is 4.19. The van der Waals surface area contributed by atoms with Crippen molar-refractivity contribution in [2.75, 3.05) is 13.2 Å². The number of nitrogens with one attached hydrogen (secondary N) is 1. The van der Waals surface area contributed by atoms with E-state index in [1.165, 1.54) is 20.0 Å². The standard InChI is InChI=1S/C24H25ClF3N3O4S/c1-13(31-20(33)14-4-5-16-17(8-14)35-7-6-34-16)21-29-11-18(36-21)15(32)9-22(2)10-19(24(26,27)28)23(3,25)12-30-22/h4-5,8,11-13,19H,6-7,9-10H2,1-3H3,(H,31,33). The summed E-state index contributed by atoms with van der Waals surface area (Å²) in [5.74, 6) is -1.49. The molecule has 194 valence electrons. The van der Waals surface area contributed by atoms with Crippen LogP contribution < -0.4 is 14.8 Å². The van der Waals surface area contributed by atoms with Gasteiger partial charge >= 0.3 is 6.18 Å². The number of carbonyl (C=O) groups is 2. The average molecular weight is 544 g/mol. The lowest BCUT2D eigenvalue weighted by Gasteiger charge is -2.40. The number of aromatic nitrogens is 1. The van der Waals surface area contributed by atoms with Crippen LogP contribution in [0.15, 0.2) is 29.4 Å². The van der Waals surface area contributed by atoms with E-state index in [4.69, 9.17) is 21.1 Å². The third-order valence-electron chi connectivity index (χ3n) is 6.21. The number of amides is 1. The van der Waals surface area contributed by atoms with Gasteiger partial charge in [-0.1, -0.05) is 0 Å². The van der Waals surface area contributed by atoms with Crippen LogP contribution in [0.5, 0.6) is 11.5 Å². The smallest absolute Gasteiger partial charge is 0.393 e. The summed E-state index contributed by atoms with van der Waals surface area (Å²) in [4.78, 5) is 32.7. The minimum Gasteiger partial charge on any atom is -0.486 e. The zero-order chi connectivity index (χ0) is 26.3. The Morgan fingerprint density at radius 1 is 1.25 bits per heavy atom. The van der Waals surface area contributed by atoms with Gasteiger partial charge in [-0.3, -0.25) is 14.6 Å². The van der Waals surface area contributed by atoms with Gasteiger partial charge in [0.1, 0.15) is 18.2 Å². The highest BCUT2D eigenvalue weighted by molar-refractivity contribution is 7.13. The molecular formula is C24H25ClF3N3O4S. The normalized spacial score (nSPS) is 26.4. The second-order valence-corrected chi connectivity index (χ2v) is 11.3. The van der Waals surface area contributed by atoms with E-state index < -0.39 is 35.0 Å². The van der Waals surface area contributed by atoms with E-state index in [1.54, 1.807) is 25.1 Å². The van der Waals surface area contributed by atoms with Crippen molar-refractivity contribution in [2.45, 2.75) is 56.2 Å². The number of ketones is 1. The second-order valence-electron chi connectivity index (χ2n) is 9.42. The lowest BCUT2D eigenvalue weighted by atomic mass is 9.76. The van der Waals surface area contributed by atoms with Gasteiger partial charge in [0.05, 0.1) is 27.2 Å². The quantitative estimate of drug-likeness (QED) is 0.390. The number of rotatable bonds is 6. The van der Waals surface area contributed by atoms with Crippen molar-refractivity contribution >= 4 is 40.8 Å². The number of hydrogen-bond acceptors (Lipinski definition) is 7. The fraction of sp³-hybridized carbons (Fsp3) is 0.500. The Balaban J connectivity index is 1.41. The van der Waals surface area contributed by atoms with Crippen molar-refractivity contribution in [2.24, 2.45) is 10.9 Å². The first-order valence-electron chi connectivity index (χ1n) is 11.3. The molecule has 12 heteroatoms. The monoisotopic (exact) mass is 543 g/mol.